The van der Waals surface area contributed by atoms with E-state index in [9.17, 15) is 13.6 Å². The van der Waals surface area contributed by atoms with Crippen molar-refractivity contribution in [3.63, 3.8) is 0 Å². The third-order valence-electron chi connectivity index (χ3n) is 2.24. The van der Waals surface area contributed by atoms with Crippen LogP contribution in [0.1, 0.15) is 15.9 Å². The molecule has 0 atom stereocenters. The Labute approximate surface area is 115 Å². The van der Waals surface area contributed by atoms with Crippen molar-refractivity contribution in [3.8, 4) is 0 Å². The average molecular weight is 364 g/mol. The predicted octanol–water partition coefficient (Wildman–Crippen LogP) is 4.06. The van der Waals surface area contributed by atoms with Crippen molar-refractivity contribution in [2.45, 2.75) is 6.42 Å². The van der Waals surface area contributed by atoms with Gasteiger partial charge in [-0.25, -0.2) is 8.78 Å². The van der Waals surface area contributed by atoms with E-state index in [2.05, 4.69) is 22.6 Å². The highest BCUT2D eigenvalue weighted by molar-refractivity contribution is 14.1. The van der Waals surface area contributed by atoms with Crippen molar-refractivity contribution in [3.05, 3.63) is 55.3 Å². The molecule has 0 bridgehead atoms. The second-order valence-corrected chi connectivity index (χ2v) is 6.29. The van der Waals surface area contributed by atoms with Gasteiger partial charge in [0.15, 0.2) is 17.4 Å². The normalized spacial score (nSPS) is 10.5. The lowest BCUT2D eigenvalue weighted by atomic mass is 10.1. The van der Waals surface area contributed by atoms with Crippen LogP contribution in [0.5, 0.6) is 0 Å². The molecule has 0 saturated heterocycles. The van der Waals surface area contributed by atoms with Gasteiger partial charge in [-0.2, -0.15) is 0 Å². The molecule has 0 aliphatic heterocycles. The molecule has 1 heterocycles. The molecule has 0 aliphatic rings. The molecule has 0 radical (unpaired) electrons. The second kappa shape index (κ2) is 5.22. The molecule has 2 rings (SSSR count). The maximum atomic E-state index is 13.0. The van der Waals surface area contributed by atoms with Crippen molar-refractivity contribution in [2.75, 3.05) is 0 Å². The zero-order valence-corrected chi connectivity index (χ0v) is 11.5. The molecule has 1 nitrogen and oxygen atoms in total. The summed E-state index contributed by atoms with van der Waals surface area (Å²) in [5.74, 6) is -1.91. The maximum absolute atomic E-state index is 13.0. The van der Waals surface area contributed by atoms with Crippen molar-refractivity contribution in [1.29, 1.82) is 0 Å². The summed E-state index contributed by atoms with van der Waals surface area (Å²) in [5, 5.41) is 1.77. The summed E-state index contributed by atoms with van der Waals surface area (Å²) in [6.45, 7) is 0. The minimum absolute atomic E-state index is 0.0873. The van der Waals surface area contributed by atoms with Crippen LogP contribution in [0.4, 0.5) is 8.78 Å². The molecular weight excluding hydrogens is 357 g/mol. The number of Topliss-reactive ketones (excluding diaryl/α,β-unsaturated/α-hetero) is 1. The Morgan fingerprint density at radius 1 is 1.24 bits per heavy atom. The van der Waals surface area contributed by atoms with Crippen LogP contribution in [0.2, 0.25) is 0 Å². The SMILES string of the molecule is O=C(Cc1ccc(F)c(F)c1)c1csc(I)c1. The monoisotopic (exact) mass is 364 g/mol. The number of ketones is 1. The predicted molar refractivity (Wildman–Crippen MR) is 71.4 cm³/mol. The highest BCUT2D eigenvalue weighted by Crippen LogP contribution is 2.19. The van der Waals surface area contributed by atoms with E-state index >= 15 is 0 Å². The van der Waals surface area contributed by atoms with Crippen LogP contribution in [0.25, 0.3) is 0 Å². The summed E-state index contributed by atoms with van der Waals surface area (Å²) in [6, 6.07) is 5.31. The Bertz CT molecular complexity index is 565. The van der Waals surface area contributed by atoms with Gasteiger partial charge in [-0.1, -0.05) is 6.07 Å². The van der Waals surface area contributed by atoms with Crippen LogP contribution in [0.15, 0.2) is 29.6 Å². The number of hydrogen-bond donors (Lipinski definition) is 0. The Kier molecular flexibility index (Phi) is 3.88. The molecular formula is C12H7F2IOS. The standard InChI is InChI=1S/C12H7F2IOS/c13-9-2-1-7(3-10(9)14)4-11(16)8-5-12(15)17-6-8/h1-3,5-6H,4H2. The lowest BCUT2D eigenvalue weighted by Crippen LogP contribution is -2.02. The van der Waals surface area contributed by atoms with E-state index in [0.29, 0.717) is 11.1 Å². The zero-order chi connectivity index (χ0) is 12.4. The van der Waals surface area contributed by atoms with E-state index in [4.69, 9.17) is 0 Å². The van der Waals surface area contributed by atoms with Gasteiger partial charge in [0.1, 0.15) is 0 Å². The highest BCUT2D eigenvalue weighted by Gasteiger charge is 2.10. The van der Waals surface area contributed by atoms with Gasteiger partial charge in [0.25, 0.3) is 0 Å². The van der Waals surface area contributed by atoms with Crippen LogP contribution in [-0.2, 0) is 6.42 Å². The van der Waals surface area contributed by atoms with Crippen LogP contribution in [0.3, 0.4) is 0 Å². The van der Waals surface area contributed by atoms with Gasteiger partial charge in [-0.15, -0.1) is 11.3 Å². The van der Waals surface area contributed by atoms with Gasteiger partial charge < -0.3 is 0 Å². The molecule has 0 fully saturated rings. The smallest absolute Gasteiger partial charge is 0.168 e. The van der Waals surface area contributed by atoms with Gasteiger partial charge in [0, 0.05) is 17.4 Å². The summed E-state index contributed by atoms with van der Waals surface area (Å²) < 4.78 is 26.7. The first-order valence-corrected chi connectivity index (χ1v) is 6.73. The van der Waals surface area contributed by atoms with E-state index in [1.54, 1.807) is 11.4 Å². The summed E-state index contributed by atoms with van der Waals surface area (Å²) in [5.41, 5.74) is 1.10. The molecule has 0 aliphatic carbocycles. The minimum Gasteiger partial charge on any atom is -0.294 e. The summed E-state index contributed by atoms with van der Waals surface area (Å²) >= 11 is 3.61. The molecule has 2 aromatic rings. The van der Waals surface area contributed by atoms with Gasteiger partial charge >= 0.3 is 0 Å². The largest absolute Gasteiger partial charge is 0.294 e. The number of thiophene rings is 1. The fourth-order valence-electron chi connectivity index (χ4n) is 1.39. The molecule has 5 heteroatoms. The van der Waals surface area contributed by atoms with E-state index in [1.165, 1.54) is 17.4 Å². The molecule has 0 amide bonds. The fraction of sp³-hybridized carbons (Fsp3) is 0.0833. The first kappa shape index (κ1) is 12.6. The van der Waals surface area contributed by atoms with Crippen molar-refractivity contribution >= 4 is 39.7 Å². The van der Waals surface area contributed by atoms with Crippen LogP contribution < -0.4 is 0 Å². The highest BCUT2D eigenvalue weighted by atomic mass is 127. The van der Waals surface area contributed by atoms with Crippen molar-refractivity contribution in [1.82, 2.24) is 0 Å². The molecule has 0 unspecified atom stereocenters. The number of carbonyl (C=O) groups is 1. The summed E-state index contributed by atoms with van der Waals surface area (Å²) in [6.07, 6.45) is 0.0873. The van der Waals surface area contributed by atoms with Gasteiger partial charge in [0.05, 0.1) is 2.88 Å². The lowest BCUT2D eigenvalue weighted by molar-refractivity contribution is 0.0993. The van der Waals surface area contributed by atoms with E-state index in [0.717, 1.165) is 15.0 Å². The molecule has 0 spiro atoms. The lowest BCUT2D eigenvalue weighted by Gasteiger charge is -2.00. The van der Waals surface area contributed by atoms with E-state index in [1.807, 2.05) is 0 Å². The van der Waals surface area contributed by atoms with Gasteiger partial charge in [0.2, 0.25) is 0 Å². The first-order valence-electron chi connectivity index (χ1n) is 4.77. The number of rotatable bonds is 3. The molecule has 1 aromatic carbocycles. The average Bonchev–Trinajstić information content (AvgIpc) is 2.70. The third-order valence-corrected chi connectivity index (χ3v) is 4.03. The van der Waals surface area contributed by atoms with Gasteiger partial charge in [-0.3, -0.25) is 4.79 Å². The van der Waals surface area contributed by atoms with E-state index < -0.39 is 11.6 Å². The Balaban J connectivity index is 2.15. The number of carbonyl (C=O) groups excluding carboxylic acids is 1. The van der Waals surface area contributed by atoms with Crippen LogP contribution >= 0.6 is 33.9 Å². The minimum atomic E-state index is -0.921. The summed E-state index contributed by atoms with van der Waals surface area (Å²) in [4.78, 5) is 11.8. The second-order valence-electron chi connectivity index (χ2n) is 3.49. The Morgan fingerprint density at radius 2 is 2.00 bits per heavy atom. The number of hydrogen-bond acceptors (Lipinski definition) is 2. The quantitative estimate of drug-likeness (QED) is 0.593. The van der Waals surface area contributed by atoms with Gasteiger partial charge in [-0.05, 0) is 46.4 Å². The van der Waals surface area contributed by atoms with Crippen molar-refractivity contribution < 1.29 is 13.6 Å². The molecule has 0 N–H and O–H groups in total. The molecule has 17 heavy (non-hydrogen) atoms. The third kappa shape index (κ3) is 3.10. The van der Waals surface area contributed by atoms with Crippen LogP contribution in [0, 0.1) is 14.5 Å². The Morgan fingerprint density at radius 3 is 2.59 bits per heavy atom. The zero-order valence-electron chi connectivity index (χ0n) is 8.54. The van der Waals surface area contributed by atoms with Crippen LogP contribution in [-0.4, -0.2) is 5.78 Å². The van der Waals surface area contributed by atoms with Crippen molar-refractivity contribution in [2.24, 2.45) is 0 Å². The molecule has 88 valence electrons. The number of benzene rings is 1. The fourth-order valence-corrected chi connectivity index (χ4v) is 2.74. The summed E-state index contributed by atoms with van der Waals surface area (Å²) in [7, 11) is 0. The number of halogens is 3. The molecule has 1 aromatic heterocycles. The maximum Gasteiger partial charge on any atom is 0.168 e. The Hall–Kier alpha value is -0.820. The first-order chi connectivity index (χ1) is 8.06. The van der Waals surface area contributed by atoms with E-state index in [-0.39, 0.29) is 12.2 Å². The topological polar surface area (TPSA) is 17.1 Å². The molecule has 0 saturated carbocycles.